The number of hydrogen-bond donors (Lipinski definition) is 0. The van der Waals surface area contributed by atoms with E-state index in [0.29, 0.717) is 6.61 Å². The molecule has 1 aliphatic rings. The van der Waals surface area contributed by atoms with Gasteiger partial charge in [-0.15, -0.1) is 0 Å². The van der Waals surface area contributed by atoms with E-state index in [4.69, 9.17) is 14.7 Å². The Morgan fingerprint density at radius 1 is 1.24 bits per heavy atom. The van der Waals surface area contributed by atoms with Crippen LogP contribution in [-0.2, 0) is 0 Å². The Balaban J connectivity index is 1.69. The predicted octanol–water partition coefficient (Wildman–Crippen LogP) is 1.60. The van der Waals surface area contributed by atoms with E-state index in [-0.39, 0.29) is 6.04 Å². The number of hydrogen-bond acceptors (Lipinski definition) is 5. The van der Waals surface area contributed by atoms with Gasteiger partial charge < -0.3 is 9.47 Å². The Labute approximate surface area is 126 Å². The molecule has 5 heteroatoms. The molecule has 0 bridgehead atoms. The van der Waals surface area contributed by atoms with E-state index in [1.165, 1.54) is 0 Å². The first-order valence-corrected chi connectivity index (χ1v) is 7.36. The zero-order valence-corrected chi connectivity index (χ0v) is 12.8. The Kier molecular flexibility index (Phi) is 5.85. The molecule has 0 N–H and O–H groups in total. The molecule has 1 atom stereocenters. The van der Waals surface area contributed by atoms with Gasteiger partial charge in [0.05, 0.1) is 19.2 Å². The molecular weight excluding hydrogens is 266 g/mol. The summed E-state index contributed by atoms with van der Waals surface area (Å²) in [7, 11) is 1.65. The van der Waals surface area contributed by atoms with Crippen LogP contribution in [0.3, 0.4) is 0 Å². The van der Waals surface area contributed by atoms with Crippen LogP contribution in [0.15, 0.2) is 24.3 Å². The summed E-state index contributed by atoms with van der Waals surface area (Å²) in [5.41, 5.74) is 0. The van der Waals surface area contributed by atoms with Gasteiger partial charge in [-0.05, 0) is 19.1 Å². The largest absolute Gasteiger partial charge is 0.497 e. The van der Waals surface area contributed by atoms with Crippen LogP contribution in [-0.4, -0.2) is 62.3 Å². The number of rotatable bonds is 6. The monoisotopic (exact) mass is 289 g/mol. The van der Waals surface area contributed by atoms with Crippen LogP contribution in [0.1, 0.15) is 6.92 Å². The Bertz CT molecular complexity index is 479. The van der Waals surface area contributed by atoms with Crippen molar-refractivity contribution in [2.75, 3.05) is 46.4 Å². The van der Waals surface area contributed by atoms with Crippen LogP contribution in [0.4, 0.5) is 0 Å². The highest BCUT2D eigenvalue weighted by Gasteiger charge is 2.20. The van der Waals surface area contributed by atoms with Crippen LogP contribution >= 0.6 is 0 Å². The van der Waals surface area contributed by atoms with E-state index in [2.05, 4.69) is 15.9 Å². The zero-order chi connectivity index (χ0) is 15.1. The second-order valence-corrected chi connectivity index (χ2v) is 5.21. The molecule has 1 heterocycles. The number of benzene rings is 1. The third kappa shape index (κ3) is 4.62. The second kappa shape index (κ2) is 7.87. The molecule has 0 saturated carbocycles. The molecule has 1 aliphatic heterocycles. The molecule has 114 valence electrons. The standard InChI is InChI=1S/C16H23N3O2/c1-14(13-17)19-8-6-18(7-9-19)10-11-21-16-5-3-4-15(12-16)20-2/h3-5,12,14H,6-11H2,1-2H3. The number of piperazine rings is 1. The predicted molar refractivity (Wildman–Crippen MR) is 81.6 cm³/mol. The van der Waals surface area contributed by atoms with Gasteiger partial charge in [0.15, 0.2) is 0 Å². The van der Waals surface area contributed by atoms with Crippen molar-refractivity contribution in [2.45, 2.75) is 13.0 Å². The van der Waals surface area contributed by atoms with Crippen LogP contribution < -0.4 is 9.47 Å². The number of ether oxygens (including phenoxy) is 2. The first-order valence-electron chi connectivity index (χ1n) is 7.36. The molecule has 1 unspecified atom stereocenters. The molecule has 1 fully saturated rings. The van der Waals surface area contributed by atoms with E-state index in [0.717, 1.165) is 44.2 Å². The molecule has 1 aromatic carbocycles. The molecular formula is C16H23N3O2. The van der Waals surface area contributed by atoms with Crippen molar-refractivity contribution < 1.29 is 9.47 Å². The van der Waals surface area contributed by atoms with Gasteiger partial charge in [-0.25, -0.2) is 0 Å². The summed E-state index contributed by atoms with van der Waals surface area (Å²) in [5, 5.41) is 8.93. The fraction of sp³-hybridized carbons (Fsp3) is 0.562. The zero-order valence-electron chi connectivity index (χ0n) is 12.8. The average Bonchev–Trinajstić information content (AvgIpc) is 2.55. The molecule has 5 nitrogen and oxygen atoms in total. The molecule has 0 spiro atoms. The number of nitriles is 1. The fourth-order valence-electron chi connectivity index (χ4n) is 2.44. The Morgan fingerprint density at radius 2 is 1.95 bits per heavy atom. The highest BCUT2D eigenvalue weighted by atomic mass is 16.5. The normalized spacial score (nSPS) is 18.0. The number of nitrogens with zero attached hydrogens (tertiary/aromatic N) is 3. The van der Waals surface area contributed by atoms with Gasteiger partial charge in [0, 0.05) is 38.8 Å². The minimum absolute atomic E-state index is 0.0141. The Hall–Kier alpha value is -1.77. The van der Waals surface area contributed by atoms with Crippen molar-refractivity contribution in [3.05, 3.63) is 24.3 Å². The lowest BCUT2D eigenvalue weighted by Gasteiger charge is -2.35. The van der Waals surface area contributed by atoms with Gasteiger partial charge in [0.1, 0.15) is 18.1 Å². The summed E-state index contributed by atoms with van der Waals surface area (Å²) in [6.07, 6.45) is 0. The molecule has 2 rings (SSSR count). The lowest BCUT2D eigenvalue weighted by Crippen LogP contribution is -2.50. The highest BCUT2D eigenvalue weighted by Crippen LogP contribution is 2.18. The summed E-state index contributed by atoms with van der Waals surface area (Å²) < 4.78 is 10.9. The first kappa shape index (κ1) is 15.6. The van der Waals surface area contributed by atoms with Crippen LogP contribution in [0, 0.1) is 11.3 Å². The van der Waals surface area contributed by atoms with E-state index >= 15 is 0 Å². The first-order chi connectivity index (χ1) is 10.2. The summed E-state index contributed by atoms with van der Waals surface area (Å²) in [4.78, 5) is 4.60. The fourth-order valence-corrected chi connectivity index (χ4v) is 2.44. The smallest absolute Gasteiger partial charge is 0.123 e. The van der Waals surface area contributed by atoms with Crippen molar-refractivity contribution in [3.63, 3.8) is 0 Å². The van der Waals surface area contributed by atoms with Crippen molar-refractivity contribution in [3.8, 4) is 17.6 Å². The van der Waals surface area contributed by atoms with Gasteiger partial charge in [-0.3, -0.25) is 9.80 Å². The molecule has 21 heavy (non-hydrogen) atoms. The van der Waals surface area contributed by atoms with Crippen molar-refractivity contribution in [2.24, 2.45) is 0 Å². The topological polar surface area (TPSA) is 48.7 Å². The number of methoxy groups -OCH3 is 1. The minimum Gasteiger partial charge on any atom is -0.497 e. The molecule has 1 saturated heterocycles. The SMILES string of the molecule is COc1cccc(OCCN2CCN(C(C)C#N)CC2)c1. The third-order valence-electron chi connectivity index (χ3n) is 3.86. The van der Waals surface area contributed by atoms with Gasteiger partial charge in [-0.1, -0.05) is 6.07 Å². The molecule has 0 aliphatic carbocycles. The summed E-state index contributed by atoms with van der Waals surface area (Å²) in [6.45, 7) is 7.43. The van der Waals surface area contributed by atoms with Crippen molar-refractivity contribution >= 4 is 0 Å². The average molecular weight is 289 g/mol. The highest BCUT2D eigenvalue weighted by molar-refractivity contribution is 5.32. The van der Waals surface area contributed by atoms with E-state index in [1.54, 1.807) is 7.11 Å². The third-order valence-corrected chi connectivity index (χ3v) is 3.86. The van der Waals surface area contributed by atoms with E-state index in [9.17, 15) is 0 Å². The van der Waals surface area contributed by atoms with Crippen molar-refractivity contribution in [1.29, 1.82) is 5.26 Å². The molecule has 0 aromatic heterocycles. The summed E-state index contributed by atoms with van der Waals surface area (Å²) >= 11 is 0. The lowest BCUT2D eigenvalue weighted by atomic mass is 10.2. The molecule has 0 amide bonds. The van der Waals surface area contributed by atoms with E-state index < -0.39 is 0 Å². The minimum atomic E-state index is 0.0141. The van der Waals surface area contributed by atoms with Crippen LogP contribution in [0.2, 0.25) is 0 Å². The van der Waals surface area contributed by atoms with Crippen molar-refractivity contribution in [1.82, 2.24) is 9.80 Å². The second-order valence-electron chi connectivity index (χ2n) is 5.21. The van der Waals surface area contributed by atoms with Crippen LogP contribution in [0.5, 0.6) is 11.5 Å². The maximum Gasteiger partial charge on any atom is 0.123 e. The lowest BCUT2D eigenvalue weighted by molar-refractivity contribution is 0.106. The Morgan fingerprint density at radius 3 is 2.62 bits per heavy atom. The summed E-state index contributed by atoms with van der Waals surface area (Å²) in [5.74, 6) is 1.65. The maximum absolute atomic E-state index is 8.93. The van der Waals surface area contributed by atoms with Gasteiger partial charge in [0.25, 0.3) is 0 Å². The van der Waals surface area contributed by atoms with E-state index in [1.807, 2.05) is 31.2 Å². The van der Waals surface area contributed by atoms with Gasteiger partial charge in [-0.2, -0.15) is 5.26 Å². The van der Waals surface area contributed by atoms with Crippen LogP contribution in [0.25, 0.3) is 0 Å². The van der Waals surface area contributed by atoms with Gasteiger partial charge in [0.2, 0.25) is 0 Å². The van der Waals surface area contributed by atoms with Gasteiger partial charge >= 0.3 is 0 Å². The molecule has 0 radical (unpaired) electrons. The summed E-state index contributed by atoms with van der Waals surface area (Å²) in [6, 6.07) is 9.98. The maximum atomic E-state index is 8.93. The molecule has 1 aromatic rings. The quantitative estimate of drug-likeness (QED) is 0.796.